The van der Waals surface area contributed by atoms with Crippen molar-refractivity contribution in [1.82, 2.24) is 4.90 Å². The summed E-state index contributed by atoms with van der Waals surface area (Å²) >= 11 is 0. The van der Waals surface area contributed by atoms with Gasteiger partial charge in [-0.25, -0.2) is 0 Å². The first-order valence-corrected chi connectivity index (χ1v) is 4.91. The van der Waals surface area contributed by atoms with Crippen molar-refractivity contribution in [3.05, 3.63) is 0 Å². The molecule has 14 heavy (non-hydrogen) atoms. The fourth-order valence-corrected chi connectivity index (χ4v) is 1.73. The number of hydrogen-bond acceptors (Lipinski definition) is 4. The quantitative estimate of drug-likeness (QED) is 0.510. The van der Waals surface area contributed by atoms with Gasteiger partial charge in [0.2, 0.25) is 0 Å². The van der Waals surface area contributed by atoms with Crippen molar-refractivity contribution < 1.29 is 19.9 Å². The van der Waals surface area contributed by atoms with E-state index < -0.39 is 13.1 Å². The Bertz CT molecular complexity index is 200. The SMILES string of the molecule is O=C(O)C1CCN(CCCB(O)O)C1. The van der Waals surface area contributed by atoms with E-state index in [4.69, 9.17) is 15.2 Å². The van der Waals surface area contributed by atoms with Crippen LogP contribution in [0.4, 0.5) is 0 Å². The van der Waals surface area contributed by atoms with Gasteiger partial charge < -0.3 is 20.1 Å². The highest BCUT2D eigenvalue weighted by Gasteiger charge is 2.27. The van der Waals surface area contributed by atoms with E-state index >= 15 is 0 Å². The van der Waals surface area contributed by atoms with Crippen LogP contribution in [-0.2, 0) is 4.79 Å². The molecule has 6 heteroatoms. The van der Waals surface area contributed by atoms with Gasteiger partial charge in [0, 0.05) is 6.54 Å². The molecule has 0 bridgehead atoms. The summed E-state index contributed by atoms with van der Waals surface area (Å²) in [5, 5.41) is 26.0. The first kappa shape index (κ1) is 11.5. The second-order valence-electron chi connectivity index (χ2n) is 3.75. The lowest BCUT2D eigenvalue weighted by Gasteiger charge is -2.14. The van der Waals surface area contributed by atoms with Gasteiger partial charge in [-0.2, -0.15) is 0 Å². The highest BCUT2D eigenvalue weighted by Crippen LogP contribution is 2.16. The standard InChI is InChI=1S/C8H16BNO4/c11-8(12)7-2-5-10(6-7)4-1-3-9(13)14/h7,13-14H,1-6H2,(H,11,12). The predicted octanol–water partition coefficient (Wildman–Crippen LogP) is -0.744. The molecule has 80 valence electrons. The lowest BCUT2D eigenvalue weighted by Crippen LogP contribution is -2.25. The van der Waals surface area contributed by atoms with Gasteiger partial charge in [0.05, 0.1) is 5.92 Å². The van der Waals surface area contributed by atoms with Gasteiger partial charge in [0.25, 0.3) is 0 Å². The molecule has 0 aliphatic carbocycles. The monoisotopic (exact) mass is 201 g/mol. The molecule has 1 atom stereocenters. The number of carboxylic acid groups (broad SMARTS) is 1. The molecule has 0 aromatic heterocycles. The topological polar surface area (TPSA) is 81.0 Å². The number of nitrogens with zero attached hydrogens (tertiary/aromatic N) is 1. The van der Waals surface area contributed by atoms with Crippen molar-refractivity contribution in [3.63, 3.8) is 0 Å². The van der Waals surface area contributed by atoms with Crippen LogP contribution in [0.3, 0.4) is 0 Å². The van der Waals surface area contributed by atoms with Crippen LogP contribution in [0.15, 0.2) is 0 Å². The van der Waals surface area contributed by atoms with Gasteiger partial charge in [-0.15, -0.1) is 0 Å². The van der Waals surface area contributed by atoms with E-state index in [1.165, 1.54) is 0 Å². The lowest BCUT2D eigenvalue weighted by molar-refractivity contribution is -0.141. The zero-order valence-corrected chi connectivity index (χ0v) is 8.09. The van der Waals surface area contributed by atoms with Crippen LogP contribution in [0.25, 0.3) is 0 Å². The fourth-order valence-electron chi connectivity index (χ4n) is 1.73. The average molecular weight is 201 g/mol. The summed E-state index contributed by atoms with van der Waals surface area (Å²) < 4.78 is 0. The first-order valence-electron chi connectivity index (χ1n) is 4.91. The van der Waals surface area contributed by atoms with E-state index in [-0.39, 0.29) is 5.92 Å². The largest absolute Gasteiger partial charge is 0.481 e. The van der Waals surface area contributed by atoms with Crippen LogP contribution in [0.5, 0.6) is 0 Å². The van der Waals surface area contributed by atoms with Crippen molar-refractivity contribution in [2.75, 3.05) is 19.6 Å². The van der Waals surface area contributed by atoms with Crippen molar-refractivity contribution in [2.45, 2.75) is 19.2 Å². The highest BCUT2D eigenvalue weighted by molar-refractivity contribution is 6.40. The Labute approximate surface area is 83.5 Å². The van der Waals surface area contributed by atoms with E-state index in [0.717, 1.165) is 13.1 Å². The molecule has 0 radical (unpaired) electrons. The summed E-state index contributed by atoms with van der Waals surface area (Å²) in [6.07, 6.45) is 1.76. The minimum absolute atomic E-state index is 0.242. The van der Waals surface area contributed by atoms with Crippen LogP contribution in [0, 0.1) is 5.92 Å². The zero-order valence-electron chi connectivity index (χ0n) is 8.09. The van der Waals surface area contributed by atoms with Gasteiger partial charge in [-0.3, -0.25) is 4.79 Å². The molecule has 1 aliphatic heterocycles. The highest BCUT2D eigenvalue weighted by atomic mass is 16.4. The number of carboxylic acids is 1. The molecule has 3 N–H and O–H groups in total. The maximum Gasteiger partial charge on any atom is 0.451 e. The normalized spacial score (nSPS) is 22.6. The third-order valence-corrected chi connectivity index (χ3v) is 2.56. The molecule has 5 nitrogen and oxygen atoms in total. The smallest absolute Gasteiger partial charge is 0.451 e. The van der Waals surface area contributed by atoms with Crippen LogP contribution < -0.4 is 0 Å². The van der Waals surface area contributed by atoms with E-state index in [1.54, 1.807) is 0 Å². The second kappa shape index (κ2) is 5.33. The molecule has 0 amide bonds. The number of aliphatic carboxylic acids is 1. The molecule has 1 fully saturated rings. The summed E-state index contributed by atoms with van der Waals surface area (Å²) in [4.78, 5) is 12.7. The maximum atomic E-state index is 10.6. The van der Waals surface area contributed by atoms with Crippen LogP contribution in [-0.4, -0.2) is 52.8 Å². The predicted molar refractivity (Wildman–Crippen MR) is 51.8 cm³/mol. The Morgan fingerprint density at radius 2 is 2.21 bits per heavy atom. The first-order chi connectivity index (χ1) is 6.59. The van der Waals surface area contributed by atoms with E-state index in [0.29, 0.717) is 25.7 Å². The van der Waals surface area contributed by atoms with Gasteiger partial charge >= 0.3 is 13.1 Å². The zero-order chi connectivity index (χ0) is 10.6. The molecule has 0 aromatic rings. The Morgan fingerprint density at radius 1 is 1.50 bits per heavy atom. The Kier molecular flexibility index (Phi) is 4.38. The minimum atomic E-state index is -1.24. The summed E-state index contributed by atoms with van der Waals surface area (Å²) in [6.45, 7) is 2.15. The van der Waals surface area contributed by atoms with Crippen LogP contribution >= 0.6 is 0 Å². The van der Waals surface area contributed by atoms with Gasteiger partial charge in [0.15, 0.2) is 0 Å². The van der Waals surface area contributed by atoms with Crippen LogP contribution in [0.1, 0.15) is 12.8 Å². The molecular formula is C8H16BNO4. The summed E-state index contributed by atoms with van der Waals surface area (Å²) in [5.41, 5.74) is 0. The van der Waals surface area contributed by atoms with Crippen molar-refractivity contribution in [1.29, 1.82) is 0 Å². The van der Waals surface area contributed by atoms with Gasteiger partial charge in [0.1, 0.15) is 0 Å². The Balaban J connectivity index is 2.13. The molecule has 1 rings (SSSR count). The summed E-state index contributed by atoms with van der Waals surface area (Å²) in [7, 11) is -1.24. The molecular weight excluding hydrogens is 185 g/mol. The van der Waals surface area contributed by atoms with E-state index in [9.17, 15) is 4.79 Å². The number of carbonyl (C=O) groups is 1. The molecule has 1 saturated heterocycles. The summed E-state index contributed by atoms with van der Waals surface area (Å²) in [6, 6.07) is 0. The molecule has 0 aromatic carbocycles. The molecule has 0 saturated carbocycles. The van der Waals surface area contributed by atoms with Crippen LogP contribution in [0.2, 0.25) is 6.32 Å². The molecule has 0 spiro atoms. The lowest BCUT2D eigenvalue weighted by atomic mass is 9.84. The molecule has 1 aliphatic rings. The molecule has 1 unspecified atom stereocenters. The maximum absolute atomic E-state index is 10.6. The number of rotatable bonds is 5. The second-order valence-corrected chi connectivity index (χ2v) is 3.75. The third-order valence-electron chi connectivity index (χ3n) is 2.56. The average Bonchev–Trinajstić information content (AvgIpc) is 2.52. The Morgan fingerprint density at radius 3 is 2.71 bits per heavy atom. The third kappa shape index (κ3) is 3.65. The van der Waals surface area contributed by atoms with Gasteiger partial charge in [-0.1, -0.05) is 0 Å². The number of likely N-dealkylation sites (tertiary alicyclic amines) is 1. The minimum Gasteiger partial charge on any atom is -0.481 e. The van der Waals surface area contributed by atoms with Crippen molar-refractivity contribution in [3.8, 4) is 0 Å². The van der Waals surface area contributed by atoms with E-state index in [1.807, 2.05) is 0 Å². The van der Waals surface area contributed by atoms with E-state index in [2.05, 4.69) is 4.90 Å². The van der Waals surface area contributed by atoms with Crippen molar-refractivity contribution >= 4 is 13.1 Å². The summed E-state index contributed by atoms with van der Waals surface area (Å²) in [5.74, 6) is -0.969. The Hall–Kier alpha value is -0.585. The fraction of sp³-hybridized carbons (Fsp3) is 0.875. The van der Waals surface area contributed by atoms with Crippen molar-refractivity contribution in [2.24, 2.45) is 5.92 Å². The number of hydrogen-bond donors (Lipinski definition) is 3. The van der Waals surface area contributed by atoms with Gasteiger partial charge in [-0.05, 0) is 32.3 Å². The molecule has 1 heterocycles.